The lowest BCUT2D eigenvalue weighted by molar-refractivity contribution is -0.136. The highest BCUT2D eigenvalue weighted by Gasteiger charge is 2.07. The molecular formula is C10H9NO3S2. The Kier molecular flexibility index (Phi) is 3.63. The fourth-order valence-electron chi connectivity index (χ4n) is 1.12. The Hall–Kier alpha value is -1.27. The summed E-state index contributed by atoms with van der Waals surface area (Å²) < 4.78 is 6.06. The normalized spacial score (nSPS) is 10.5. The molecule has 0 radical (unpaired) electrons. The first-order chi connectivity index (χ1) is 7.74. The van der Waals surface area contributed by atoms with Crippen molar-refractivity contribution >= 4 is 29.1 Å². The summed E-state index contributed by atoms with van der Waals surface area (Å²) in [7, 11) is 0. The average Bonchev–Trinajstić information content (AvgIpc) is 2.84. The van der Waals surface area contributed by atoms with Crippen LogP contribution in [0.4, 0.5) is 0 Å². The molecule has 0 aliphatic rings. The first-order valence-corrected chi connectivity index (χ1v) is 6.42. The molecule has 0 unspecified atom stereocenters. The fraction of sp³-hybridized carbons (Fsp3) is 0.200. The molecule has 2 aromatic rings. The Morgan fingerprint density at radius 3 is 3.19 bits per heavy atom. The second-order valence-corrected chi connectivity index (χ2v) is 5.12. The highest BCUT2D eigenvalue weighted by molar-refractivity contribution is 8.00. The third-order valence-electron chi connectivity index (χ3n) is 1.78. The molecular weight excluding hydrogens is 246 g/mol. The fourth-order valence-corrected chi connectivity index (χ4v) is 2.87. The van der Waals surface area contributed by atoms with Crippen molar-refractivity contribution in [2.24, 2.45) is 0 Å². The van der Waals surface area contributed by atoms with Crippen molar-refractivity contribution in [3.63, 3.8) is 0 Å². The molecule has 0 fully saturated rings. The molecule has 6 heteroatoms. The molecule has 0 aromatic carbocycles. The van der Waals surface area contributed by atoms with E-state index in [1.165, 1.54) is 11.3 Å². The van der Waals surface area contributed by atoms with Gasteiger partial charge in [-0.2, -0.15) is 0 Å². The van der Waals surface area contributed by atoms with Crippen LogP contribution in [-0.2, 0) is 17.0 Å². The molecule has 0 saturated heterocycles. The summed E-state index contributed by atoms with van der Waals surface area (Å²) in [6.07, 6.45) is 1.62. The molecule has 1 N–H and O–H groups in total. The van der Waals surface area contributed by atoms with Gasteiger partial charge in [0, 0.05) is 5.38 Å². The maximum absolute atomic E-state index is 10.5. The molecule has 0 spiro atoms. The molecule has 84 valence electrons. The number of carboxylic acids is 1. The van der Waals surface area contributed by atoms with E-state index in [9.17, 15) is 4.79 Å². The van der Waals surface area contributed by atoms with Gasteiger partial charge in [-0.15, -0.1) is 11.3 Å². The highest BCUT2D eigenvalue weighted by atomic mass is 32.2. The first kappa shape index (κ1) is 11.2. The quantitative estimate of drug-likeness (QED) is 0.832. The van der Waals surface area contributed by atoms with Gasteiger partial charge < -0.3 is 9.52 Å². The van der Waals surface area contributed by atoms with Crippen molar-refractivity contribution in [3.05, 3.63) is 35.2 Å². The monoisotopic (exact) mass is 255 g/mol. The van der Waals surface area contributed by atoms with Crippen molar-refractivity contribution in [3.8, 4) is 0 Å². The molecule has 16 heavy (non-hydrogen) atoms. The van der Waals surface area contributed by atoms with Gasteiger partial charge in [0.15, 0.2) is 4.34 Å². The van der Waals surface area contributed by atoms with Gasteiger partial charge in [-0.1, -0.05) is 11.8 Å². The van der Waals surface area contributed by atoms with Gasteiger partial charge in [-0.25, -0.2) is 4.98 Å². The minimum absolute atomic E-state index is 0.0161. The standard InChI is InChI=1S/C10H9NO3S2/c12-9(13)4-7-5-15-10(11-7)16-6-8-2-1-3-14-8/h1-3,5H,4,6H2,(H,12,13). The number of thiazole rings is 1. The number of furan rings is 1. The number of carboxylic acid groups (broad SMARTS) is 1. The molecule has 2 rings (SSSR count). The van der Waals surface area contributed by atoms with Gasteiger partial charge in [-0.3, -0.25) is 4.79 Å². The Labute approximate surface area is 100 Å². The van der Waals surface area contributed by atoms with Crippen LogP contribution in [0, 0.1) is 0 Å². The molecule has 0 aliphatic carbocycles. The topological polar surface area (TPSA) is 63.3 Å². The Balaban J connectivity index is 1.90. The summed E-state index contributed by atoms with van der Waals surface area (Å²) in [6.45, 7) is 0. The summed E-state index contributed by atoms with van der Waals surface area (Å²) in [6, 6.07) is 3.74. The zero-order valence-electron chi connectivity index (χ0n) is 8.25. The lowest BCUT2D eigenvalue weighted by atomic mass is 10.3. The zero-order valence-corrected chi connectivity index (χ0v) is 9.88. The van der Waals surface area contributed by atoms with Crippen LogP contribution in [0.15, 0.2) is 32.5 Å². The molecule has 0 bridgehead atoms. The van der Waals surface area contributed by atoms with Crippen molar-refractivity contribution in [1.82, 2.24) is 4.98 Å². The van der Waals surface area contributed by atoms with Crippen LogP contribution in [0.1, 0.15) is 11.5 Å². The summed E-state index contributed by atoms with van der Waals surface area (Å²) >= 11 is 3.01. The van der Waals surface area contributed by atoms with Crippen LogP contribution in [0.3, 0.4) is 0 Å². The average molecular weight is 255 g/mol. The number of thioether (sulfide) groups is 1. The molecule has 2 aromatic heterocycles. The predicted octanol–water partition coefficient (Wildman–Crippen LogP) is 2.66. The lowest BCUT2D eigenvalue weighted by Gasteiger charge is -1.93. The molecule has 4 nitrogen and oxygen atoms in total. The third-order valence-corrected chi connectivity index (χ3v) is 3.87. The Morgan fingerprint density at radius 2 is 2.50 bits per heavy atom. The van der Waals surface area contributed by atoms with Gasteiger partial charge >= 0.3 is 5.97 Å². The van der Waals surface area contributed by atoms with E-state index in [-0.39, 0.29) is 6.42 Å². The number of aliphatic carboxylic acids is 1. The number of hydrogen-bond donors (Lipinski definition) is 1. The van der Waals surface area contributed by atoms with Crippen LogP contribution in [0.5, 0.6) is 0 Å². The lowest BCUT2D eigenvalue weighted by Crippen LogP contribution is -1.99. The van der Waals surface area contributed by atoms with Gasteiger partial charge in [0.25, 0.3) is 0 Å². The summed E-state index contributed by atoms with van der Waals surface area (Å²) in [4.78, 5) is 14.7. The SMILES string of the molecule is O=C(O)Cc1csc(SCc2ccco2)n1. The summed E-state index contributed by atoms with van der Waals surface area (Å²) in [5.74, 6) is 0.750. The minimum atomic E-state index is -0.854. The second kappa shape index (κ2) is 5.18. The van der Waals surface area contributed by atoms with Crippen molar-refractivity contribution in [1.29, 1.82) is 0 Å². The zero-order chi connectivity index (χ0) is 11.4. The van der Waals surface area contributed by atoms with Crippen LogP contribution in [-0.4, -0.2) is 16.1 Å². The maximum Gasteiger partial charge on any atom is 0.309 e. The maximum atomic E-state index is 10.5. The highest BCUT2D eigenvalue weighted by Crippen LogP contribution is 2.26. The van der Waals surface area contributed by atoms with E-state index in [0.29, 0.717) is 11.4 Å². The third kappa shape index (κ3) is 3.11. The Morgan fingerprint density at radius 1 is 1.62 bits per heavy atom. The number of aromatic nitrogens is 1. The van der Waals surface area contributed by atoms with Crippen molar-refractivity contribution in [2.75, 3.05) is 0 Å². The van der Waals surface area contributed by atoms with Crippen molar-refractivity contribution in [2.45, 2.75) is 16.5 Å². The van der Waals surface area contributed by atoms with Crippen LogP contribution >= 0.6 is 23.1 Å². The number of nitrogens with zero attached hydrogens (tertiary/aromatic N) is 1. The van der Waals surface area contributed by atoms with Gasteiger partial charge in [0.2, 0.25) is 0 Å². The molecule has 0 aliphatic heterocycles. The summed E-state index contributed by atoms with van der Waals surface area (Å²) in [5.41, 5.74) is 0.611. The van der Waals surface area contributed by atoms with E-state index in [2.05, 4.69) is 4.98 Å². The van der Waals surface area contributed by atoms with E-state index < -0.39 is 5.97 Å². The smallest absolute Gasteiger partial charge is 0.309 e. The molecule has 0 amide bonds. The van der Waals surface area contributed by atoms with E-state index in [1.807, 2.05) is 12.1 Å². The van der Waals surface area contributed by atoms with E-state index in [4.69, 9.17) is 9.52 Å². The first-order valence-electron chi connectivity index (χ1n) is 4.55. The molecule has 2 heterocycles. The van der Waals surface area contributed by atoms with Crippen LogP contribution in [0.25, 0.3) is 0 Å². The number of carbonyl (C=O) groups is 1. The summed E-state index contributed by atoms with van der Waals surface area (Å²) in [5, 5.41) is 10.4. The largest absolute Gasteiger partial charge is 0.481 e. The van der Waals surface area contributed by atoms with Gasteiger partial charge in [-0.05, 0) is 12.1 Å². The van der Waals surface area contributed by atoms with Crippen molar-refractivity contribution < 1.29 is 14.3 Å². The van der Waals surface area contributed by atoms with Gasteiger partial charge in [0.1, 0.15) is 5.76 Å². The number of hydrogen-bond acceptors (Lipinski definition) is 5. The van der Waals surface area contributed by atoms with Gasteiger partial charge in [0.05, 0.1) is 24.1 Å². The van der Waals surface area contributed by atoms with E-state index >= 15 is 0 Å². The van der Waals surface area contributed by atoms with E-state index in [1.54, 1.807) is 23.4 Å². The van der Waals surface area contributed by atoms with E-state index in [0.717, 1.165) is 10.1 Å². The second-order valence-electron chi connectivity index (χ2n) is 3.04. The van der Waals surface area contributed by atoms with Crippen LogP contribution < -0.4 is 0 Å². The van der Waals surface area contributed by atoms with Crippen LogP contribution in [0.2, 0.25) is 0 Å². The molecule has 0 atom stereocenters. The number of rotatable bonds is 5. The molecule has 0 saturated carbocycles. The Bertz CT molecular complexity index is 464. The minimum Gasteiger partial charge on any atom is -0.481 e. The predicted molar refractivity (Wildman–Crippen MR) is 61.7 cm³/mol.